The van der Waals surface area contributed by atoms with E-state index in [0.29, 0.717) is 0 Å². The molecule has 3 aromatic carbocycles. The van der Waals surface area contributed by atoms with E-state index in [2.05, 4.69) is 105 Å². The number of para-hydroxylation sites is 1. The summed E-state index contributed by atoms with van der Waals surface area (Å²) in [5, 5.41) is 8.85. The van der Waals surface area contributed by atoms with E-state index in [1.165, 1.54) is 35.2 Å². The monoisotopic (exact) mass is 471 g/mol. The molecule has 4 heteroatoms. The van der Waals surface area contributed by atoms with Gasteiger partial charge in [-0.15, -0.1) is 0 Å². The van der Waals surface area contributed by atoms with Crippen molar-refractivity contribution in [2.24, 2.45) is 0 Å². The first-order valence-electron chi connectivity index (χ1n) is 11.0. The van der Waals surface area contributed by atoms with E-state index in [4.69, 9.17) is 5.10 Å². The predicted molar refractivity (Wildman–Crippen MR) is 131 cm³/mol. The van der Waals surface area contributed by atoms with Crippen molar-refractivity contribution in [3.8, 4) is 5.69 Å². The summed E-state index contributed by atoms with van der Waals surface area (Å²) in [4.78, 5) is 0. The zero-order chi connectivity index (χ0) is 21.0. The molecule has 0 saturated carbocycles. The van der Waals surface area contributed by atoms with Crippen molar-refractivity contribution < 1.29 is 0 Å². The standard InChI is InChI=1S/C27H26BrN3/c28-24-16-7-8-17-26(24)31-27-22(15-9-10-18-29-27)25(30-31)19-23(20-11-3-1-4-12-20)21-13-5-2-6-14-21/h1-8,11-14,16-17,23,29H,9-10,15,18-19H2. The van der Waals surface area contributed by atoms with Gasteiger partial charge in [-0.05, 0) is 58.5 Å². The molecule has 1 N–H and O–H groups in total. The summed E-state index contributed by atoms with van der Waals surface area (Å²) in [6, 6.07) is 30.0. The van der Waals surface area contributed by atoms with E-state index in [0.717, 1.165) is 35.4 Å². The number of hydrogen-bond donors (Lipinski definition) is 1. The number of aromatic nitrogens is 2. The van der Waals surface area contributed by atoms with Crippen LogP contribution in [-0.2, 0) is 12.8 Å². The van der Waals surface area contributed by atoms with Gasteiger partial charge in [-0.3, -0.25) is 0 Å². The molecule has 0 saturated heterocycles. The third kappa shape index (κ3) is 4.17. The molecule has 2 heterocycles. The van der Waals surface area contributed by atoms with E-state index in [1.54, 1.807) is 0 Å². The quantitative estimate of drug-likeness (QED) is 0.348. The number of benzene rings is 3. The average Bonchev–Trinajstić information content (AvgIpc) is 2.98. The van der Waals surface area contributed by atoms with E-state index in [1.807, 2.05) is 6.07 Å². The van der Waals surface area contributed by atoms with Gasteiger partial charge in [0.05, 0.1) is 11.4 Å². The Morgan fingerprint density at radius 2 is 1.48 bits per heavy atom. The number of rotatable bonds is 5. The van der Waals surface area contributed by atoms with Gasteiger partial charge in [0.15, 0.2) is 0 Å². The molecule has 0 spiro atoms. The molecular weight excluding hydrogens is 446 g/mol. The SMILES string of the molecule is Brc1ccccc1-n1nc(CC(c2ccccc2)c2ccccc2)c2c1NCCCC2. The Morgan fingerprint density at radius 1 is 0.839 bits per heavy atom. The minimum atomic E-state index is 0.275. The number of nitrogens with zero attached hydrogens (tertiary/aromatic N) is 2. The highest BCUT2D eigenvalue weighted by molar-refractivity contribution is 9.10. The fourth-order valence-corrected chi connectivity index (χ4v) is 4.98. The predicted octanol–water partition coefficient (Wildman–Crippen LogP) is 6.76. The van der Waals surface area contributed by atoms with Gasteiger partial charge in [0.25, 0.3) is 0 Å². The molecule has 1 aromatic heterocycles. The summed E-state index contributed by atoms with van der Waals surface area (Å²) >= 11 is 3.73. The van der Waals surface area contributed by atoms with E-state index < -0.39 is 0 Å². The van der Waals surface area contributed by atoms with Crippen LogP contribution in [0.25, 0.3) is 5.69 Å². The third-order valence-electron chi connectivity index (χ3n) is 6.09. The van der Waals surface area contributed by atoms with Crippen LogP contribution in [0.2, 0.25) is 0 Å². The number of anilines is 1. The highest BCUT2D eigenvalue weighted by Crippen LogP contribution is 2.35. The van der Waals surface area contributed by atoms with Crippen LogP contribution < -0.4 is 5.32 Å². The fraction of sp³-hybridized carbons (Fsp3) is 0.222. The topological polar surface area (TPSA) is 29.9 Å². The van der Waals surface area contributed by atoms with Gasteiger partial charge < -0.3 is 5.32 Å². The van der Waals surface area contributed by atoms with E-state index >= 15 is 0 Å². The van der Waals surface area contributed by atoms with Crippen LogP contribution in [0.5, 0.6) is 0 Å². The zero-order valence-corrected chi connectivity index (χ0v) is 19.1. The van der Waals surface area contributed by atoms with E-state index in [-0.39, 0.29) is 5.92 Å². The zero-order valence-electron chi connectivity index (χ0n) is 17.5. The largest absolute Gasteiger partial charge is 0.370 e. The summed E-state index contributed by atoms with van der Waals surface area (Å²) < 4.78 is 3.16. The number of fused-ring (bicyclic) bond motifs is 1. The fourth-order valence-electron chi connectivity index (χ4n) is 4.53. The highest BCUT2D eigenvalue weighted by Gasteiger charge is 2.25. The molecule has 0 amide bonds. The second kappa shape index (κ2) is 9.11. The summed E-state index contributed by atoms with van der Waals surface area (Å²) in [7, 11) is 0. The van der Waals surface area contributed by atoms with Crippen LogP contribution in [0.4, 0.5) is 5.82 Å². The molecule has 31 heavy (non-hydrogen) atoms. The van der Waals surface area contributed by atoms with Crippen molar-refractivity contribution in [2.45, 2.75) is 31.6 Å². The summed E-state index contributed by atoms with van der Waals surface area (Å²) in [6.45, 7) is 0.989. The van der Waals surface area contributed by atoms with Crippen LogP contribution in [-0.4, -0.2) is 16.3 Å². The van der Waals surface area contributed by atoms with Crippen LogP contribution in [0.1, 0.15) is 41.1 Å². The van der Waals surface area contributed by atoms with Gasteiger partial charge in [0.2, 0.25) is 0 Å². The lowest BCUT2D eigenvalue weighted by molar-refractivity contribution is 0.727. The Bertz CT molecular complexity index is 1110. The molecule has 0 atom stereocenters. The Labute approximate surface area is 192 Å². The van der Waals surface area contributed by atoms with Gasteiger partial charge in [-0.25, -0.2) is 4.68 Å². The molecule has 0 aliphatic carbocycles. The Morgan fingerprint density at radius 3 is 2.16 bits per heavy atom. The van der Waals surface area contributed by atoms with E-state index in [9.17, 15) is 0 Å². The van der Waals surface area contributed by atoms with Crippen molar-refractivity contribution in [1.82, 2.24) is 9.78 Å². The lowest BCUT2D eigenvalue weighted by Gasteiger charge is -2.18. The van der Waals surface area contributed by atoms with Gasteiger partial charge in [0.1, 0.15) is 5.82 Å². The number of nitrogens with one attached hydrogen (secondary N) is 1. The minimum absolute atomic E-state index is 0.275. The molecule has 5 rings (SSSR count). The smallest absolute Gasteiger partial charge is 0.133 e. The number of halogens is 1. The molecule has 1 aliphatic heterocycles. The molecule has 156 valence electrons. The van der Waals surface area contributed by atoms with Crippen molar-refractivity contribution in [1.29, 1.82) is 0 Å². The average molecular weight is 472 g/mol. The summed E-state index contributed by atoms with van der Waals surface area (Å²) in [5.41, 5.74) is 6.30. The maximum Gasteiger partial charge on any atom is 0.133 e. The van der Waals surface area contributed by atoms with Gasteiger partial charge in [0, 0.05) is 28.9 Å². The lowest BCUT2D eigenvalue weighted by atomic mass is 9.86. The van der Waals surface area contributed by atoms with Gasteiger partial charge >= 0.3 is 0 Å². The van der Waals surface area contributed by atoms with Crippen molar-refractivity contribution >= 4 is 21.7 Å². The maximum atomic E-state index is 5.18. The molecule has 4 aromatic rings. The first-order chi connectivity index (χ1) is 15.3. The lowest BCUT2D eigenvalue weighted by Crippen LogP contribution is -2.08. The Kier molecular flexibility index (Phi) is 5.90. The molecule has 3 nitrogen and oxygen atoms in total. The molecule has 0 unspecified atom stereocenters. The van der Waals surface area contributed by atoms with Crippen LogP contribution in [0.3, 0.4) is 0 Å². The van der Waals surface area contributed by atoms with Crippen LogP contribution in [0, 0.1) is 0 Å². The second-order valence-corrected chi connectivity index (χ2v) is 8.95. The summed E-state index contributed by atoms with van der Waals surface area (Å²) in [5.74, 6) is 1.43. The molecular formula is C27H26BrN3. The first kappa shape index (κ1) is 20.1. The first-order valence-corrected chi connectivity index (χ1v) is 11.8. The molecule has 1 aliphatic rings. The Hall–Kier alpha value is -2.85. The molecule has 0 fully saturated rings. The molecule has 0 bridgehead atoms. The molecule has 0 radical (unpaired) electrons. The van der Waals surface area contributed by atoms with Crippen molar-refractivity contribution in [2.75, 3.05) is 11.9 Å². The Balaban J connectivity index is 1.61. The van der Waals surface area contributed by atoms with Crippen molar-refractivity contribution in [3.63, 3.8) is 0 Å². The minimum Gasteiger partial charge on any atom is -0.370 e. The van der Waals surface area contributed by atoms with Crippen molar-refractivity contribution in [3.05, 3.63) is 112 Å². The highest BCUT2D eigenvalue weighted by atomic mass is 79.9. The van der Waals surface area contributed by atoms with Crippen LogP contribution >= 0.6 is 15.9 Å². The number of hydrogen-bond acceptors (Lipinski definition) is 2. The van der Waals surface area contributed by atoms with Crippen LogP contribution in [0.15, 0.2) is 89.4 Å². The summed E-state index contributed by atoms with van der Waals surface area (Å²) in [6.07, 6.45) is 4.33. The van der Waals surface area contributed by atoms with Gasteiger partial charge in [-0.2, -0.15) is 5.10 Å². The second-order valence-electron chi connectivity index (χ2n) is 8.10. The maximum absolute atomic E-state index is 5.18. The normalized spacial score (nSPS) is 13.5. The van der Waals surface area contributed by atoms with Gasteiger partial charge in [-0.1, -0.05) is 72.8 Å². The third-order valence-corrected chi connectivity index (χ3v) is 6.77.